The molecule has 39 heavy (non-hydrogen) atoms. The van der Waals surface area contributed by atoms with Gasteiger partial charge in [-0.3, -0.25) is 19.7 Å². The molecule has 2 atom stereocenters. The second-order valence-electron chi connectivity index (χ2n) is 10.4. The van der Waals surface area contributed by atoms with E-state index in [1.54, 1.807) is 29.2 Å². The summed E-state index contributed by atoms with van der Waals surface area (Å²) in [5.74, 6) is -1.94. The second-order valence-corrected chi connectivity index (χ2v) is 12.2. The van der Waals surface area contributed by atoms with Gasteiger partial charge < -0.3 is 9.64 Å². The number of piperazine rings is 1. The zero-order valence-electron chi connectivity index (χ0n) is 21.8. The first-order chi connectivity index (χ1) is 18.6. The minimum Gasteiger partial charge on any atom is -0.381 e. The van der Waals surface area contributed by atoms with Crippen molar-refractivity contribution in [2.24, 2.45) is 5.92 Å². The summed E-state index contributed by atoms with van der Waals surface area (Å²) in [4.78, 5) is 30.0. The first kappa shape index (κ1) is 27.7. The van der Waals surface area contributed by atoms with Crippen LogP contribution in [0.1, 0.15) is 25.7 Å². The molecule has 0 aromatic heterocycles. The standard InChI is InChI=1S/C27H33FN4O6S/c1-29-17-24-16-23(29)18-30(24)26(33)10-13-31(32(35)27(34)21-11-14-38-15-12-21)39(36,37)25-8-4-20(5-9-25)19-2-6-22(28)7-3-19/h2-9,21,23-24,35H,10-18H2,1H3. The summed E-state index contributed by atoms with van der Waals surface area (Å²) in [6.07, 6.45) is 1.43. The van der Waals surface area contributed by atoms with Crippen molar-refractivity contribution < 1.29 is 32.3 Å². The zero-order chi connectivity index (χ0) is 27.7. The van der Waals surface area contributed by atoms with Gasteiger partial charge in [-0.1, -0.05) is 28.7 Å². The topological polar surface area (TPSA) is 111 Å². The number of likely N-dealkylation sites (tertiary alicyclic amines) is 2. The lowest BCUT2D eigenvalue weighted by Crippen LogP contribution is -2.52. The number of sulfonamides is 1. The molecule has 12 heteroatoms. The van der Waals surface area contributed by atoms with Crippen molar-refractivity contribution in [1.82, 2.24) is 19.4 Å². The summed E-state index contributed by atoms with van der Waals surface area (Å²) >= 11 is 0. The molecule has 10 nitrogen and oxygen atoms in total. The van der Waals surface area contributed by atoms with Crippen LogP contribution in [0.4, 0.5) is 4.39 Å². The van der Waals surface area contributed by atoms with Gasteiger partial charge in [0.1, 0.15) is 5.82 Å². The molecule has 2 aromatic carbocycles. The van der Waals surface area contributed by atoms with Crippen LogP contribution in [0, 0.1) is 11.7 Å². The largest absolute Gasteiger partial charge is 0.381 e. The number of nitrogens with zero attached hydrogens (tertiary/aromatic N) is 4. The summed E-state index contributed by atoms with van der Waals surface area (Å²) in [6, 6.07) is 12.1. The number of carbonyl (C=O) groups is 2. The lowest BCUT2D eigenvalue weighted by Gasteiger charge is -2.34. The maximum Gasteiger partial charge on any atom is 0.265 e. The fraction of sp³-hybridized carbons (Fsp3) is 0.481. The number of likely N-dealkylation sites (N-methyl/N-ethyl adjacent to an activating group) is 1. The van der Waals surface area contributed by atoms with Crippen LogP contribution in [0.3, 0.4) is 0 Å². The Hall–Kier alpha value is -2.90. The Bertz CT molecular complexity index is 1300. The van der Waals surface area contributed by atoms with Gasteiger partial charge in [0.25, 0.3) is 15.9 Å². The van der Waals surface area contributed by atoms with E-state index >= 15 is 0 Å². The number of amides is 2. The highest BCUT2D eigenvalue weighted by Crippen LogP contribution is 2.30. The van der Waals surface area contributed by atoms with Crippen molar-refractivity contribution in [3.8, 4) is 11.1 Å². The Morgan fingerprint density at radius 1 is 1.00 bits per heavy atom. The van der Waals surface area contributed by atoms with Gasteiger partial charge >= 0.3 is 0 Å². The molecule has 210 valence electrons. The molecule has 3 aliphatic rings. The van der Waals surface area contributed by atoms with E-state index in [0.29, 0.717) is 54.2 Å². The van der Waals surface area contributed by atoms with Gasteiger partial charge in [-0.15, -0.1) is 5.17 Å². The predicted octanol–water partition coefficient (Wildman–Crippen LogP) is 2.35. The molecule has 1 N–H and O–H groups in total. The van der Waals surface area contributed by atoms with E-state index in [0.717, 1.165) is 13.0 Å². The van der Waals surface area contributed by atoms with E-state index in [1.807, 2.05) is 7.05 Å². The van der Waals surface area contributed by atoms with Crippen LogP contribution in [-0.4, -0.2) is 96.8 Å². The van der Waals surface area contributed by atoms with Crippen LogP contribution in [0.5, 0.6) is 0 Å². The highest BCUT2D eigenvalue weighted by molar-refractivity contribution is 7.89. The van der Waals surface area contributed by atoms with Crippen LogP contribution in [0.25, 0.3) is 11.1 Å². The van der Waals surface area contributed by atoms with Crippen molar-refractivity contribution >= 4 is 21.8 Å². The van der Waals surface area contributed by atoms with Crippen LogP contribution in [0.15, 0.2) is 53.4 Å². The maximum absolute atomic E-state index is 13.7. The van der Waals surface area contributed by atoms with E-state index in [9.17, 15) is 27.6 Å². The summed E-state index contributed by atoms with van der Waals surface area (Å²) in [5, 5.41) is 11.1. The van der Waals surface area contributed by atoms with Gasteiger partial charge in [0.15, 0.2) is 0 Å². The lowest BCUT2D eigenvalue weighted by molar-refractivity contribution is -0.217. The number of rotatable bonds is 8. The fourth-order valence-corrected chi connectivity index (χ4v) is 6.96. The minimum absolute atomic E-state index is 0.0886. The fourth-order valence-electron chi connectivity index (χ4n) is 5.62. The molecule has 5 rings (SSSR count). The highest BCUT2D eigenvalue weighted by Gasteiger charge is 2.44. The van der Waals surface area contributed by atoms with Crippen LogP contribution >= 0.6 is 0 Å². The van der Waals surface area contributed by atoms with Crippen LogP contribution in [-0.2, 0) is 24.3 Å². The summed E-state index contributed by atoms with van der Waals surface area (Å²) in [5.41, 5.74) is 1.37. The molecule has 0 spiro atoms. The Morgan fingerprint density at radius 3 is 2.18 bits per heavy atom. The molecule has 3 heterocycles. The highest BCUT2D eigenvalue weighted by atomic mass is 32.2. The number of fused-ring (bicyclic) bond motifs is 2. The molecule has 0 aliphatic carbocycles. The Morgan fingerprint density at radius 2 is 1.62 bits per heavy atom. The van der Waals surface area contributed by atoms with E-state index in [2.05, 4.69) is 4.90 Å². The predicted molar refractivity (Wildman–Crippen MR) is 139 cm³/mol. The third-order valence-electron chi connectivity index (χ3n) is 7.94. The first-order valence-electron chi connectivity index (χ1n) is 13.1. The van der Waals surface area contributed by atoms with Gasteiger partial charge in [0, 0.05) is 57.3 Å². The Kier molecular flexibility index (Phi) is 8.01. The molecule has 2 aromatic rings. The van der Waals surface area contributed by atoms with Crippen molar-refractivity contribution in [3.05, 3.63) is 54.3 Å². The molecular formula is C27H33FN4O6S. The van der Waals surface area contributed by atoms with E-state index < -0.39 is 28.4 Å². The van der Waals surface area contributed by atoms with Gasteiger partial charge in [0.05, 0.1) is 4.90 Å². The number of hydrogen-bond acceptors (Lipinski definition) is 7. The summed E-state index contributed by atoms with van der Waals surface area (Å²) in [7, 11) is -2.39. The number of hydrazine groups is 1. The Balaban J connectivity index is 1.36. The smallest absolute Gasteiger partial charge is 0.265 e. The molecule has 2 amide bonds. The Labute approximate surface area is 227 Å². The first-order valence-corrected chi connectivity index (χ1v) is 14.6. The third kappa shape index (κ3) is 5.71. The molecule has 3 saturated heterocycles. The van der Waals surface area contributed by atoms with Gasteiger partial charge in [-0.25, -0.2) is 12.8 Å². The molecule has 3 aliphatic heterocycles. The van der Waals surface area contributed by atoms with Crippen molar-refractivity contribution in [3.63, 3.8) is 0 Å². The monoisotopic (exact) mass is 560 g/mol. The summed E-state index contributed by atoms with van der Waals surface area (Å²) < 4.78 is 46.6. The number of ether oxygens (including phenoxy) is 1. The average Bonchev–Trinajstić information content (AvgIpc) is 3.53. The second kappa shape index (κ2) is 11.3. The molecule has 2 bridgehead atoms. The quantitative estimate of drug-likeness (QED) is 0.390. The number of benzene rings is 2. The number of carbonyl (C=O) groups excluding carboxylic acids is 2. The van der Waals surface area contributed by atoms with E-state index in [-0.39, 0.29) is 34.3 Å². The number of halogens is 1. The van der Waals surface area contributed by atoms with E-state index in [4.69, 9.17) is 4.74 Å². The lowest BCUT2D eigenvalue weighted by atomic mass is 10.00. The molecule has 0 saturated carbocycles. The maximum atomic E-state index is 13.7. The van der Waals surface area contributed by atoms with Crippen molar-refractivity contribution in [1.29, 1.82) is 0 Å². The van der Waals surface area contributed by atoms with Gasteiger partial charge in [-0.2, -0.15) is 0 Å². The van der Waals surface area contributed by atoms with E-state index in [1.165, 1.54) is 24.3 Å². The minimum atomic E-state index is -4.41. The van der Waals surface area contributed by atoms with Crippen molar-refractivity contribution in [2.45, 2.75) is 42.7 Å². The van der Waals surface area contributed by atoms with Crippen molar-refractivity contribution in [2.75, 3.05) is 39.9 Å². The molecule has 2 unspecified atom stereocenters. The van der Waals surface area contributed by atoms with Gasteiger partial charge in [0.2, 0.25) is 5.91 Å². The average molecular weight is 561 g/mol. The third-order valence-corrected chi connectivity index (χ3v) is 9.70. The zero-order valence-corrected chi connectivity index (χ0v) is 22.6. The molecule has 0 radical (unpaired) electrons. The number of hydrogen-bond donors (Lipinski definition) is 1. The normalized spacial score (nSPS) is 22.0. The van der Waals surface area contributed by atoms with Crippen LogP contribution < -0.4 is 0 Å². The van der Waals surface area contributed by atoms with Gasteiger partial charge in [-0.05, 0) is 61.7 Å². The number of hydroxylamine groups is 1. The molecular weight excluding hydrogens is 527 g/mol. The SMILES string of the molecule is CN1CC2CC1CN2C(=O)CCN(N(O)C(=O)C1CCOCC1)S(=O)(=O)c1ccc(-c2ccc(F)cc2)cc1. The summed E-state index contributed by atoms with van der Waals surface area (Å²) in [6.45, 7) is 1.64. The molecule has 3 fully saturated rings. The van der Waals surface area contributed by atoms with Crippen LogP contribution in [0.2, 0.25) is 0 Å².